The minimum Gasteiger partial charge on any atom is -0.496 e. The molecule has 0 atom stereocenters. The molecule has 162 valence electrons. The first-order valence-corrected chi connectivity index (χ1v) is 10.6. The van der Waals surface area contributed by atoms with Crippen molar-refractivity contribution in [1.82, 2.24) is 15.1 Å². The van der Waals surface area contributed by atoms with Gasteiger partial charge in [0.2, 0.25) is 5.91 Å². The first kappa shape index (κ1) is 21.2. The molecule has 0 aliphatic carbocycles. The second-order valence-electron chi connectivity index (χ2n) is 7.90. The van der Waals surface area contributed by atoms with Crippen LogP contribution in [-0.2, 0) is 22.6 Å². The van der Waals surface area contributed by atoms with Crippen molar-refractivity contribution >= 4 is 29.4 Å². The molecule has 2 aromatic rings. The summed E-state index contributed by atoms with van der Waals surface area (Å²) in [7, 11) is 1.58. The molecule has 2 heterocycles. The predicted octanol–water partition coefficient (Wildman–Crippen LogP) is 3.00. The van der Waals surface area contributed by atoms with E-state index in [1.165, 1.54) is 4.90 Å². The molecule has 1 spiro atoms. The molecular formula is C23H24ClN3O4. The number of hydrogen-bond donors (Lipinski definition) is 1. The number of urea groups is 1. The van der Waals surface area contributed by atoms with Gasteiger partial charge in [0.05, 0.1) is 20.1 Å². The van der Waals surface area contributed by atoms with Crippen molar-refractivity contribution in [3.8, 4) is 5.75 Å². The van der Waals surface area contributed by atoms with Gasteiger partial charge in [-0.2, -0.15) is 0 Å². The van der Waals surface area contributed by atoms with Gasteiger partial charge < -0.3 is 15.0 Å². The molecule has 31 heavy (non-hydrogen) atoms. The van der Waals surface area contributed by atoms with Crippen LogP contribution in [0.15, 0.2) is 48.5 Å². The number of amides is 4. The summed E-state index contributed by atoms with van der Waals surface area (Å²) in [5, 5.41) is 3.48. The zero-order valence-corrected chi connectivity index (χ0v) is 18.0. The number of nitrogens with zero attached hydrogens (tertiary/aromatic N) is 2. The van der Waals surface area contributed by atoms with Crippen LogP contribution in [0.5, 0.6) is 5.75 Å². The molecular weight excluding hydrogens is 418 g/mol. The fourth-order valence-electron chi connectivity index (χ4n) is 4.19. The van der Waals surface area contributed by atoms with Crippen LogP contribution in [0.3, 0.4) is 0 Å². The van der Waals surface area contributed by atoms with E-state index in [-0.39, 0.29) is 24.8 Å². The van der Waals surface area contributed by atoms with Crippen LogP contribution < -0.4 is 10.1 Å². The van der Waals surface area contributed by atoms with Gasteiger partial charge in [-0.05, 0) is 36.6 Å². The number of methoxy groups -OCH3 is 1. The normalized spacial score (nSPS) is 17.7. The smallest absolute Gasteiger partial charge is 0.325 e. The molecule has 2 aliphatic heterocycles. The van der Waals surface area contributed by atoms with Crippen LogP contribution in [0.2, 0.25) is 5.02 Å². The Labute approximate surface area is 185 Å². The number of carbonyl (C=O) groups excluding carboxylic acids is 3. The van der Waals surface area contributed by atoms with Gasteiger partial charge in [-0.25, -0.2) is 4.79 Å². The minimum absolute atomic E-state index is 0.0193. The van der Waals surface area contributed by atoms with Crippen molar-refractivity contribution in [3.05, 3.63) is 64.7 Å². The summed E-state index contributed by atoms with van der Waals surface area (Å²) in [5.41, 5.74) is 0.717. The minimum atomic E-state index is -0.940. The van der Waals surface area contributed by atoms with Crippen molar-refractivity contribution < 1.29 is 19.1 Å². The molecule has 2 aliphatic rings. The van der Waals surface area contributed by atoms with Gasteiger partial charge in [-0.15, -0.1) is 0 Å². The lowest BCUT2D eigenvalue weighted by Gasteiger charge is -2.37. The third-order valence-electron chi connectivity index (χ3n) is 6.00. The first-order chi connectivity index (χ1) is 14.9. The van der Waals surface area contributed by atoms with E-state index < -0.39 is 11.6 Å². The van der Waals surface area contributed by atoms with Crippen LogP contribution in [0.1, 0.15) is 24.0 Å². The number of ether oxygens (including phenoxy) is 1. The highest BCUT2D eigenvalue weighted by Crippen LogP contribution is 2.31. The first-order valence-electron chi connectivity index (χ1n) is 10.2. The van der Waals surface area contributed by atoms with Crippen molar-refractivity contribution in [2.45, 2.75) is 31.3 Å². The van der Waals surface area contributed by atoms with E-state index in [9.17, 15) is 14.4 Å². The number of benzene rings is 2. The summed E-state index contributed by atoms with van der Waals surface area (Å²) in [5.74, 6) is 0.429. The lowest BCUT2D eigenvalue weighted by atomic mass is 9.87. The Bertz CT molecular complexity index is 1000. The van der Waals surface area contributed by atoms with Crippen LogP contribution >= 0.6 is 11.6 Å². The topological polar surface area (TPSA) is 79.0 Å². The Morgan fingerprint density at radius 1 is 1.10 bits per heavy atom. The Morgan fingerprint density at radius 2 is 1.77 bits per heavy atom. The second-order valence-corrected chi connectivity index (χ2v) is 8.34. The number of piperidine rings is 1. The summed E-state index contributed by atoms with van der Waals surface area (Å²) in [6.45, 7) is 1.02. The molecule has 7 nitrogen and oxygen atoms in total. The van der Waals surface area contributed by atoms with E-state index in [2.05, 4.69) is 5.32 Å². The molecule has 8 heteroatoms. The van der Waals surface area contributed by atoms with Crippen molar-refractivity contribution in [3.63, 3.8) is 0 Å². The SMILES string of the molecule is COc1ccccc1CC(=O)N1CCC2(CC1)NC(=O)N(Cc1ccc(Cl)cc1)C2=O. The molecule has 0 bridgehead atoms. The third-order valence-corrected chi connectivity index (χ3v) is 6.26. The lowest BCUT2D eigenvalue weighted by Crippen LogP contribution is -2.56. The van der Waals surface area contributed by atoms with Crippen LogP contribution in [-0.4, -0.2) is 53.4 Å². The highest BCUT2D eigenvalue weighted by molar-refractivity contribution is 6.30. The maximum absolute atomic E-state index is 13.1. The Morgan fingerprint density at radius 3 is 2.45 bits per heavy atom. The maximum atomic E-state index is 13.1. The van der Waals surface area contributed by atoms with E-state index in [0.29, 0.717) is 36.7 Å². The number of likely N-dealkylation sites (tertiary alicyclic amines) is 1. The van der Waals surface area contributed by atoms with Gasteiger partial charge >= 0.3 is 6.03 Å². The molecule has 2 fully saturated rings. The van der Waals surface area contributed by atoms with Gasteiger partial charge in [-0.3, -0.25) is 14.5 Å². The van der Waals surface area contributed by atoms with Crippen molar-refractivity contribution in [2.75, 3.05) is 20.2 Å². The van der Waals surface area contributed by atoms with E-state index in [1.54, 1.807) is 36.3 Å². The summed E-state index contributed by atoms with van der Waals surface area (Å²) in [4.78, 5) is 41.4. The van der Waals surface area contributed by atoms with Crippen LogP contribution in [0.25, 0.3) is 0 Å². The predicted molar refractivity (Wildman–Crippen MR) is 116 cm³/mol. The fraction of sp³-hybridized carbons (Fsp3) is 0.348. The monoisotopic (exact) mass is 441 g/mol. The van der Waals surface area contributed by atoms with Gasteiger partial charge in [0, 0.05) is 23.7 Å². The van der Waals surface area contributed by atoms with Crippen molar-refractivity contribution in [1.29, 1.82) is 0 Å². The fourth-order valence-corrected chi connectivity index (χ4v) is 4.32. The number of imide groups is 1. The number of para-hydroxylation sites is 1. The lowest BCUT2D eigenvalue weighted by molar-refractivity contribution is -0.138. The number of carbonyl (C=O) groups is 3. The number of rotatable bonds is 5. The summed E-state index contributed by atoms with van der Waals surface area (Å²) >= 11 is 5.91. The summed E-state index contributed by atoms with van der Waals surface area (Å²) in [6, 6.07) is 14.1. The average molecular weight is 442 g/mol. The average Bonchev–Trinajstić information content (AvgIpc) is 3.00. The summed E-state index contributed by atoms with van der Waals surface area (Å²) in [6.07, 6.45) is 1.03. The third kappa shape index (κ3) is 4.23. The molecule has 0 unspecified atom stereocenters. The molecule has 0 radical (unpaired) electrons. The van der Waals surface area contributed by atoms with Crippen LogP contribution in [0.4, 0.5) is 4.79 Å². The summed E-state index contributed by atoms with van der Waals surface area (Å²) < 4.78 is 5.33. The number of halogens is 1. The van der Waals surface area contributed by atoms with Gasteiger partial charge in [0.25, 0.3) is 5.91 Å². The molecule has 2 saturated heterocycles. The molecule has 4 amide bonds. The van der Waals surface area contributed by atoms with Gasteiger partial charge in [0.1, 0.15) is 11.3 Å². The Hall–Kier alpha value is -3.06. The van der Waals surface area contributed by atoms with Crippen molar-refractivity contribution in [2.24, 2.45) is 0 Å². The molecule has 0 aromatic heterocycles. The van der Waals surface area contributed by atoms with Gasteiger partial charge in [-0.1, -0.05) is 41.9 Å². The van der Waals surface area contributed by atoms with Crippen LogP contribution in [0, 0.1) is 0 Å². The second kappa shape index (κ2) is 8.59. The quantitative estimate of drug-likeness (QED) is 0.723. The zero-order chi connectivity index (χ0) is 22.0. The Kier molecular flexibility index (Phi) is 5.87. The standard InChI is InChI=1S/C23H24ClN3O4/c1-31-19-5-3-2-4-17(19)14-20(28)26-12-10-23(11-13-26)21(29)27(22(30)25-23)15-16-6-8-18(24)9-7-16/h2-9H,10-15H2,1H3,(H,25,30). The van der Waals surface area contributed by atoms with E-state index in [4.69, 9.17) is 16.3 Å². The van der Waals surface area contributed by atoms with E-state index in [0.717, 1.165) is 11.1 Å². The molecule has 4 rings (SSSR count). The largest absolute Gasteiger partial charge is 0.496 e. The van der Waals surface area contributed by atoms with E-state index in [1.807, 2.05) is 24.3 Å². The van der Waals surface area contributed by atoms with Gasteiger partial charge in [0.15, 0.2) is 0 Å². The highest BCUT2D eigenvalue weighted by Gasteiger charge is 2.52. The van der Waals surface area contributed by atoms with E-state index >= 15 is 0 Å². The number of nitrogens with one attached hydrogen (secondary N) is 1. The number of hydrogen-bond acceptors (Lipinski definition) is 4. The highest BCUT2D eigenvalue weighted by atomic mass is 35.5. The molecule has 1 N–H and O–H groups in total. The molecule has 2 aromatic carbocycles. The Balaban J connectivity index is 1.39. The zero-order valence-electron chi connectivity index (χ0n) is 17.3. The maximum Gasteiger partial charge on any atom is 0.325 e. The molecule has 0 saturated carbocycles.